The van der Waals surface area contributed by atoms with E-state index < -0.39 is 12.1 Å². The Kier molecular flexibility index (Phi) is 5.50. The van der Waals surface area contributed by atoms with Crippen molar-refractivity contribution in [1.82, 2.24) is 4.98 Å². The highest BCUT2D eigenvalue weighted by Gasteiger charge is 2.21. The minimum Gasteiger partial charge on any atom is -0.449 e. The van der Waals surface area contributed by atoms with Crippen LogP contribution in [0.5, 0.6) is 0 Å². The van der Waals surface area contributed by atoms with Gasteiger partial charge in [-0.2, -0.15) is 0 Å². The smallest absolute Gasteiger partial charge is 0.339 e. The zero-order chi connectivity index (χ0) is 19.4. The van der Waals surface area contributed by atoms with Crippen molar-refractivity contribution in [1.29, 1.82) is 0 Å². The predicted molar refractivity (Wildman–Crippen MR) is 106 cm³/mol. The van der Waals surface area contributed by atoms with Crippen molar-refractivity contribution in [2.75, 3.05) is 5.32 Å². The van der Waals surface area contributed by atoms with E-state index in [2.05, 4.69) is 10.3 Å². The van der Waals surface area contributed by atoms with Crippen LogP contribution in [-0.4, -0.2) is 23.0 Å². The summed E-state index contributed by atoms with van der Waals surface area (Å²) in [6.45, 7) is 5.59. The van der Waals surface area contributed by atoms with Gasteiger partial charge in [-0.05, 0) is 37.1 Å². The summed E-state index contributed by atoms with van der Waals surface area (Å²) in [6.07, 6.45) is -0.924. The molecule has 5 heteroatoms. The molecule has 1 N–H and O–H groups in total. The highest BCUT2D eigenvalue weighted by atomic mass is 16.5. The molecule has 5 nitrogen and oxygen atoms in total. The number of hydrogen-bond acceptors (Lipinski definition) is 4. The molecule has 1 atom stereocenters. The van der Waals surface area contributed by atoms with Gasteiger partial charge in [0.05, 0.1) is 11.1 Å². The van der Waals surface area contributed by atoms with Crippen molar-refractivity contribution in [2.45, 2.75) is 32.8 Å². The van der Waals surface area contributed by atoms with Crippen LogP contribution in [0, 0.1) is 0 Å². The van der Waals surface area contributed by atoms with Crippen molar-refractivity contribution in [2.24, 2.45) is 0 Å². The predicted octanol–water partition coefficient (Wildman–Crippen LogP) is 4.54. The van der Waals surface area contributed by atoms with Crippen molar-refractivity contribution in [3.8, 4) is 0 Å². The molecule has 3 aromatic rings. The molecule has 138 valence electrons. The summed E-state index contributed by atoms with van der Waals surface area (Å²) in [7, 11) is 0. The first-order valence-electron chi connectivity index (χ1n) is 8.92. The van der Waals surface area contributed by atoms with Gasteiger partial charge >= 0.3 is 5.97 Å². The molecule has 1 unspecified atom stereocenters. The highest BCUT2D eigenvalue weighted by molar-refractivity contribution is 6.05. The molecular formula is C22H22N2O3. The molecule has 1 amide bonds. The molecule has 0 aliphatic rings. The van der Waals surface area contributed by atoms with Gasteiger partial charge in [0.25, 0.3) is 5.91 Å². The number of carbonyl (C=O) groups is 2. The average molecular weight is 362 g/mol. The number of fused-ring (bicyclic) bond motifs is 1. The number of benzene rings is 2. The lowest BCUT2D eigenvalue weighted by Gasteiger charge is -2.15. The third kappa shape index (κ3) is 4.31. The van der Waals surface area contributed by atoms with Crippen LogP contribution in [-0.2, 0) is 9.53 Å². The highest BCUT2D eigenvalue weighted by Crippen LogP contribution is 2.23. The molecule has 0 saturated carbocycles. The normalized spacial score (nSPS) is 12.0. The molecule has 0 fully saturated rings. The summed E-state index contributed by atoms with van der Waals surface area (Å²) in [4.78, 5) is 29.7. The zero-order valence-electron chi connectivity index (χ0n) is 15.6. The topological polar surface area (TPSA) is 68.3 Å². The van der Waals surface area contributed by atoms with Crippen LogP contribution in [0.25, 0.3) is 10.9 Å². The molecule has 0 spiro atoms. The van der Waals surface area contributed by atoms with Gasteiger partial charge in [0.15, 0.2) is 6.10 Å². The number of carbonyl (C=O) groups excluding carboxylic acids is 2. The van der Waals surface area contributed by atoms with E-state index in [1.54, 1.807) is 25.1 Å². The first kappa shape index (κ1) is 18.6. The van der Waals surface area contributed by atoms with Crippen LogP contribution < -0.4 is 5.32 Å². The molecule has 0 aliphatic carbocycles. The van der Waals surface area contributed by atoms with Crippen LogP contribution in [0.4, 0.5) is 5.69 Å². The van der Waals surface area contributed by atoms with Gasteiger partial charge < -0.3 is 10.1 Å². The molecule has 2 aromatic carbocycles. The molecule has 0 bridgehead atoms. The van der Waals surface area contributed by atoms with Crippen LogP contribution in [0.15, 0.2) is 60.7 Å². The lowest BCUT2D eigenvalue weighted by atomic mass is 10.0. The Balaban J connectivity index is 1.82. The number of rotatable bonds is 5. The standard InChI is InChI=1S/C22H22N2O3/c1-14(2)20-13-18(17-11-7-8-12-19(17)24-20)22(26)27-15(3)21(25)23-16-9-5-4-6-10-16/h4-15H,1-3H3,(H,23,25). The van der Waals surface area contributed by atoms with Gasteiger partial charge in [-0.1, -0.05) is 50.2 Å². The number of nitrogens with zero attached hydrogens (tertiary/aromatic N) is 1. The number of ether oxygens (including phenoxy) is 1. The van der Waals surface area contributed by atoms with E-state index in [9.17, 15) is 9.59 Å². The minimum atomic E-state index is -0.924. The lowest BCUT2D eigenvalue weighted by molar-refractivity contribution is -0.123. The minimum absolute atomic E-state index is 0.167. The Morgan fingerprint density at radius 2 is 1.63 bits per heavy atom. The van der Waals surface area contributed by atoms with Crippen LogP contribution in [0.2, 0.25) is 0 Å². The average Bonchev–Trinajstić information content (AvgIpc) is 2.67. The van der Waals surface area contributed by atoms with E-state index in [-0.39, 0.29) is 11.8 Å². The lowest BCUT2D eigenvalue weighted by Crippen LogP contribution is -2.30. The fourth-order valence-electron chi connectivity index (χ4n) is 2.70. The Morgan fingerprint density at radius 3 is 2.33 bits per heavy atom. The van der Waals surface area contributed by atoms with Crippen molar-refractivity contribution in [3.05, 3.63) is 71.9 Å². The van der Waals surface area contributed by atoms with Crippen molar-refractivity contribution in [3.63, 3.8) is 0 Å². The van der Waals surface area contributed by atoms with Crippen LogP contribution in [0.3, 0.4) is 0 Å². The van der Waals surface area contributed by atoms with Crippen LogP contribution in [0.1, 0.15) is 42.7 Å². The number of esters is 1. The Labute approximate surface area is 158 Å². The van der Waals surface area contributed by atoms with E-state index >= 15 is 0 Å². The van der Waals surface area contributed by atoms with Gasteiger partial charge in [-0.15, -0.1) is 0 Å². The van der Waals surface area contributed by atoms with Crippen molar-refractivity contribution < 1.29 is 14.3 Å². The van der Waals surface area contributed by atoms with Crippen molar-refractivity contribution >= 4 is 28.5 Å². The fraction of sp³-hybridized carbons (Fsp3) is 0.227. The SMILES string of the molecule is CC(OC(=O)c1cc(C(C)C)nc2ccccc12)C(=O)Nc1ccccc1. The molecule has 1 heterocycles. The number of para-hydroxylation sites is 2. The summed E-state index contributed by atoms with van der Waals surface area (Å²) < 4.78 is 5.43. The van der Waals surface area contributed by atoms with E-state index in [1.165, 1.54) is 0 Å². The summed E-state index contributed by atoms with van der Waals surface area (Å²) in [6, 6.07) is 18.2. The first-order chi connectivity index (χ1) is 13.0. The maximum absolute atomic E-state index is 12.8. The van der Waals surface area contributed by atoms with Gasteiger partial charge in [0.1, 0.15) is 0 Å². The quantitative estimate of drug-likeness (QED) is 0.677. The monoisotopic (exact) mass is 362 g/mol. The number of anilines is 1. The Morgan fingerprint density at radius 1 is 0.963 bits per heavy atom. The number of aromatic nitrogens is 1. The third-order valence-corrected chi connectivity index (χ3v) is 4.24. The Bertz CT molecular complexity index is 968. The second-order valence-corrected chi connectivity index (χ2v) is 6.67. The molecule has 0 saturated heterocycles. The number of hydrogen-bond donors (Lipinski definition) is 1. The second kappa shape index (κ2) is 7.99. The molecule has 3 rings (SSSR count). The summed E-state index contributed by atoms with van der Waals surface area (Å²) >= 11 is 0. The fourth-order valence-corrected chi connectivity index (χ4v) is 2.70. The summed E-state index contributed by atoms with van der Waals surface area (Å²) in [5.41, 5.74) is 2.62. The van der Waals surface area contributed by atoms with E-state index in [0.29, 0.717) is 16.6 Å². The molecule has 27 heavy (non-hydrogen) atoms. The first-order valence-corrected chi connectivity index (χ1v) is 8.92. The van der Waals surface area contributed by atoms with Gasteiger partial charge in [-0.3, -0.25) is 9.78 Å². The zero-order valence-corrected chi connectivity index (χ0v) is 15.6. The maximum Gasteiger partial charge on any atom is 0.339 e. The van der Waals surface area contributed by atoms with Gasteiger partial charge in [0.2, 0.25) is 0 Å². The van der Waals surface area contributed by atoms with E-state index in [4.69, 9.17) is 4.74 Å². The molecule has 0 radical (unpaired) electrons. The number of nitrogens with one attached hydrogen (secondary N) is 1. The van der Waals surface area contributed by atoms with Crippen LogP contribution >= 0.6 is 0 Å². The molecule has 1 aromatic heterocycles. The molecular weight excluding hydrogens is 340 g/mol. The molecule has 0 aliphatic heterocycles. The summed E-state index contributed by atoms with van der Waals surface area (Å²) in [5.74, 6) is -0.747. The van der Waals surface area contributed by atoms with E-state index in [1.807, 2.05) is 56.3 Å². The number of pyridine rings is 1. The largest absolute Gasteiger partial charge is 0.449 e. The maximum atomic E-state index is 12.8. The van der Waals surface area contributed by atoms with Gasteiger partial charge in [0, 0.05) is 16.8 Å². The van der Waals surface area contributed by atoms with Gasteiger partial charge in [-0.25, -0.2) is 4.79 Å². The van der Waals surface area contributed by atoms with E-state index in [0.717, 1.165) is 11.2 Å². The summed E-state index contributed by atoms with van der Waals surface area (Å²) in [5, 5.41) is 3.45. The number of amides is 1. The Hall–Kier alpha value is -3.21. The third-order valence-electron chi connectivity index (χ3n) is 4.24. The second-order valence-electron chi connectivity index (χ2n) is 6.67.